The molecule has 31 heavy (non-hydrogen) atoms. The number of rotatable bonds is 3. The Balaban J connectivity index is 1.76. The van der Waals surface area contributed by atoms with Crippen molar-refractivity contribution in [2.45, 2.75) is 6.18 Å². The fourth-order valence-electron chi connectivity index (χ4n) is 4.06. The largest absolute Gasteiger partial charge is 0.484 e. The van der Waals surface area contributed by atoms with Gasteiger partial charge in [0, 0.05) is 22.9 Å². The van der Waals surface area contributed by atoms with E-state index in [1.807, 2.05) is 12.1 Å². The van der Waals surface area contributed by atoms with Gasteiger partial charge in [0.05, 0.1) is 5.56 Å². The summed E-state index contributed by atoms with van der Waals surface area (Å²) >= 11 is 0. The van der Waals surface area contributed by atoms with E-state index < -0.39 is 41.5 Å². The average Bonchev–Trinajstić information content (AvgIpc) is 2.70. The molecule has 156 valence electrons. The van der Waals surface area contributed by atoms with Gasteiger partial charge in [-0.2, -0.15) is 13.2 Å². The first-order valence-electron chi connectivity index (χ1n) is 9.28. The van der Waals surface area contributed by atoms with Gasteiger partial charge in [0.25, 0.3) is 0 Å². The van der Waals surface area contributed by atoms with Gasteiger partial charge < -0.3 is 4.74 Å². The molecule has 0 saturated heterocycles. The van der Waals surface area contributed by atoms with Crippen molar-refractivity contribution in [1.82, 2.24) is 0 Å². The topological polar surface area (TPSA) is 9.23 Å². The van der Waals surface area contributed by atoms with E-state index in [0.717, 1.165) is 10.8 Å². The Labute approximate surface area is 171 Å². The average molecular weight is 430 g/mol. The van der Waals surface area contributed by atoms with E-state index in [2.05, 4.69) is 4.74 Å². The molecule has 0 fully saturated rings. The molecule has 0 atom stereocenters. The van der Waals surface area contributed by atoms with Crippen molar-refractivity contribution >= 4 is 32.3 Å². The van der Waals surface area contributed by atoms with Gasteiger partial charge in [0.2, 0.25) is 0 Å². The van der Waals surface area contributed by atoms with Gasteiger partial charge >= 0.3 is 6.18 Å². The molecular weight excluding hydrogens is 418 g/mol. The number of ether oxygens (including phenoxy) is 1. The highest BCUT2D eigenvalue weighted by molar-refractivity contribution is 6.25. The van der Waals surface area contributed by atoms with Crippen LogP contribution in [0, 0.1) is 17.5 Å². The monoisotopic (exact) mass is 430 g/mol. The number of hydrogen-bond donors (Lipinski definition) is 0. The maximum Gasteiger partial charge on any atom is 0.422 e. The fourth-order valence-corrected chi connectivity index (χ4v) is 4.06. The van der Waals surface area contributed by atoms with E-state index in [1.54, 1.807) is 24.3 Å². The Morgan fingerprint density at radius 3 is 1.94 bits per heavy atom. The zero-order valence-electron chi connectivity index (χ0n) is 15.7. The molecule has 0 spiro atoms. The SMILES string of the molecule is Fc1cc(OCC(F)(F)F)cc(F)c1-c1ccc2ccc3cccc4cc(F)c1c2c34. The van der Waals surface area contributed by atoms with E-state index in [0.29, 0.717) is 28.3 Å². The molecule has 0 aromatic heterocycles. The van der Waals surface area contributed by atoms with Crippen LogP contribution >= 0.6 is 0 Å². The first-order valence-corrected chi connectivity index (χ1v) is 9.28. The Bertz CT molecular complexity index is 1430. The smallest absolute Gasteiger partial charge is 0.422 e. The summed E-state index contributed by atoms with van der Waals surface area (Å²) in [5, 5.41) is 3.55. The lowest BCUT2D eigenvalue weighted by Crippen LogP contribution is -2.19. The third kappa shape index (κ3) is 3.21. The minimum Gasteiger partial charge on any atom is -0.484 e. The van der Waals surface area contributed by atoms with Crippen LogP contribution in [-0.2, 0) is 0 Å². The summed E-state index contributed by atoms with van der Waals surface area (Å²) in [6.45, 7) is -1.68. The lowest BCUT2D eigenvalue weighted by molar-refractivity contribution is -0.153. The molecule has 5 aromatic carbocycles. The maximum atomic E-state index is 15.2. The molecular formula is C24H12F6O. The van der Waals surface area contributed by atoms with Crippen LogP contribution in [0.3, 0.4) is 0 Å². The Kier molecular flexibility index (Phi) is 4.25. The second kappa shape index (κ2) is 6.77. The van der Waals surface area contributed by atoms with Crippen LogP contribution in [0.15, 0.2) is 60.7 Å². The highest BCUT2D eigenvalue weighted by Gasteiger charge is 2.29. The molecule has 0 N–H and O–H groups in total. The van der Waals surface area contributed by atoms with Crippen LogP contribution in [0.2, 0.25) is 0 Å². The van der Waals surface area contributed by atoms with Crippen molar-refractivity contribution in [2.75, 3.05) is 6.61 Å². The van der Waals surface area contributed by atoms with Crippen molar-refractivity contribution in [3.8, 4) is 16.9 Å². The molecule has 0 unspecified atom stereocenters. The maximum absolute atomic E-state index is 15.2. The summed E-state index contributed by atoms with van der Waals surface area (Å²) in [6, 6.07) is 14.8. The van der Waals surface area contributed by atoms with Crippen molar-refractivity contribution in [3.63, 3.8) is 0 Å². The van der Waals surface area contributed by atoms with E-state index >= 15 is 4.39 Å². The Morgan fingerprint density at radius 1 is 0.645 bits per heavy atom. The molecule has 0 aliphatic rings. The van der Waals surface area contributed by atoms with Crippen LogP contribution in [0.4, 0.5) is 26.3 Å². The summed E-state index contributed by atoms with van der Waals surface area (Å²) in [7, 11) is 0. The van der Waals surface area contributed by atoms with Crippen LogP contribution in [-0.4, -0.2) is 12.8 Å². The number of benzene rings is 5. The van der Waals surface area contributed by atoms with E-state index in [9.17, 15) is 22.0 Å². The third-order valence-electron chi connectivity index (χ3n) is 5.27. The molecule has 7 heteroatoms. The standard InChI is InChI=1S/C24H12F6O/c25-17-8-14-3-1-2-12-4-5-13-6-7-16(23(17)21(13)20(12)14)22-18(26)9-15(10-19(22)27)31-11-24(28,29)30/h1-10H,11H2. The molecule has 0 bridgehead atoms. The van der Waals surface area contributed by atoms with Crippen molar-refractivity contribution in [3.05, 3.63) is 78.1 Å². The summed E-state index contributed by atoms with van der Waals surface area (Å²) in [4.78, 5) is 0. The lowest BCUT2D eigenvalue weighted by atomic mass is 9.89. The quantitative estimate of drug-likeness (QED) is 0.211. The number of hydrogen-bond acceptors (Lipinski definition) is 1. The normalized spacial score (nSPS) is 12.3. The van der Waals surface area contributed by atoms with Crippen LogP contribution in [0.5, 0.6) is 5.75 Å². The Hall–Kier alpha value is -3.48. The summed E-state index contributed by atoms with van der Waals surface area (Å²) in [5.41, 5.74) is -0.559. The Morgan fingerprint density at radius 2 is 1.26 bits per heavy atom. The molecule has 0 amide bonds. The number of halogens is 6. The summed E-state index contributed by atoms with van der Waals surface area (Å²) in [5.74, 6) is -3.55. The van der Waals surface area contributed by atoms with Gasteiger partial charge in [-0.15, -0.1) is 0 Å². The lowest BCUT2D eigenvalue weighted by Gasteiger charge is -2.16. The molecule has 0 saturated carbocycles. The highest BCUT2D eigenvalue weighted by Crippen LogP contribution is 2.42. The van der Waals surface area contributed by atoms with E-state index in [-0.39, 0.29) is 10.9 Å². The number of alkyl halides is 3. The second-order valence-corrected chi connectivity index (χ2v) is 7.26. The summed E-state index contributed by atoms with van der Waals surface area (Å²) in [6.07, 6.45) is -4.65. The van der Waals surface area contributed by atoms with Gasteiger partial charge in [-0.05, 0) is 33.2 Å². The first kappa shape index (κ1) is 19.5. The van der Waals surface area contributed by atoms with Gasteiger partial charge in [0.1, 0.15) is 23.2 Å². The molecule has 5 aromatic rings. The zero-order valence-corrected chi connectivity index (χ0v) is 15.7. The van der Waals surface area contributed by atoms with Crippen LogP contribution in [0.25, 0.3) is 43.4 Å². The van der Waals surface area contributed by atoms with E-state index in [1.165, 1.54) is 12.1 Å². The predicted molar refractivity (Wildman–Crippen MR) is 107 cm³/mol. The third-order valence-corrected chi connectivity index (χ3v) is 5.27. The van der Waals surface area contributed by atoms with Crippen molar-refractivity contribution in [2.24, 2.45) is 0 Å². The van der Waals surface area contributed by atoms with E-state index in [4.69, 9.17) is 0 Å². The molecule has 0 radical (unpaired) electrons. The molecule has 0 heterocycles. The molecule has 0 aliphatic carbocycles. The minimum atomic E-state index is -4.65. The first-order chi connectivity index (χ1) is 14.7. The van der Waals surface area contributed by atoms with Gasteiger partial charge in [0.15, 0.2) is 6.61 Å². The van der Waals surface area contributed by atoms with Crippen LogP contribution < -0.4 is 4.74 Å². The fraction of sp³-hybridized carbons (Fsp3) is 0.0833. The predicted octanol–water partition coefficient (Wildman–Crippen LogP) is 7.61. The second-order valence-electron chi connectivity index (χ2n) is 7.26. The summed E-state index contributed by atoms with van der Waals surface area (Å²) < 4.78 is 86.4. The highest BCUT2D eigenvalue weighted by atomic mass is 19.4. The van der Waals surface area contributed by atoms with Crippen LogP contribution in [0.1, 0.15) is 0 Å². The molecule has 1 nitrogen and oxygen atoms in total. The van der Waals surface area contributed by atoms with Gasteiger partial charge in [-0.3, -0.25) is 0 Å². The minimum absolute atomic E-state index is 0.0272. The van der Waals surface area contributed by atoms with Gasteiger partial charge in [-0.1, -0.05) is 42.5 Å². The molecule has 5 rings (SSSR count). The van der Waals surface area contributed by atoms with Gasteiger partial charge in [-0.25, -0.2) is 13.2 Å². The molecule has 0 aliphatic heterocycles. The van der Waals surface area contributed by atoms with Crippen molar-refractivity contribution in [1.29, 1.82) is 0 Å². The zero-order chi connectivity index (χ0) is 21.9. The van der Waals surface area contributed by atoms with Crippen molar-refractivity contribution < 1.29 is 31.1 Å².